The number of ketones is 1. The minimum absolute atomic E-state index is 0.0268. The van der Waals surface area contributed by atoms with Crippen LogP contribution in [-0.2, 0) is 0 Å². The van der Waals surface area contributed by atoms with Gasteiger partial charge in [0.25, 0.3) is 0 Å². The highest BCUT2D eigenvalue weighted by atomic mass is 32.1. The minimum Gasteiger partial charge on any atom is -0.395 e. The fourth-order valence-electron chi connectivity index (χ4n) is 1.04. The molecular formula is C10H15NO2S. The summed E-state index contributed by atoms with van der Waals surface area (Å²) in [5, 5.41) is 10.8. The normalized spacial score (nSPS) is 13.1. The van der Waals surface area contributed by atoms with Crippen LogP contribution in [0.3, 0.4) is 0 Å². The summed E-state index contributed by atoms with van der Waals surface area (Å²) in [4.78, 5) is 14.3. The van der Waals surface area contributed by atoms with E-state index in [1.807, 2.05) is 36.4 Å². The number of Topliss-reactive ketones (excluding diaryl/α,β-unsaturated/α-hetero) is 1. The fraction of sp³-hybridized carbons (Fsp3) is 0.500. The molecule has 78 valence electrons. The van der Waals surface area contributed by atoms with Crippen molar-refractivity contribution in [1.29, 1.82) is 0 Å². The van der Waals surface area contributed by atoms with Gasteiger partial charge >= 0.3 is 0 Å². The van der Waals surface area contributed by atoms with E-state index >= 15 is 0 Å². The van der Waals surface area contributed by atoms with Gasteiger partial charge in [-0.1, -0.05) is 6.07 Å². The molecule has 1 heterocycles. The zero-order valence-corrected chi connectivity index (χ0v) is 9.25. The van der Waals surface area contributed by atoms with Crippen molar-refractivity contribution in [2.75, 3.05) is 20.2 Å². The number of carbonyl (C=O) groups is 1. The molecule has 0 aliphatic heterocycles. The Morgan fingerprint density at radius 3 is 2.93 bits per heavy atom. The van der Waals surface area contributed by atoms with Crippen LogP contribution in [0.2, 0.25) is 0 Å². The van der Waals surface area contributed by atoms with Crippen molar-refractivity contribution in [2.24, 2.45) is 0 Å². The maximum Gasteiger partial charge on any atom is 0.186 e. The van der Waals surface area contributed by atoms with Crippen molar-refractivity contribution >= 4 is 17.1 Å². The predicted molar refractivity (Wildman–Crippen MR) is 57.8 cm³/mol. The average Bonchev–Trinajstić information content (AvgIpc) is 2.69. The first-order valence-electron chi connectivity index (χ1n) is 4.53. The summed E-state index contributed by atoms with van der Waals surface area (Å²) in [5.41, 5.74) is 0. The number of carbonyl (C=O) groups excluding carboxylic acids is 1. The minimum atomic E-state index is 0.0268. The van der Waals surface area contributed by atoms with Gasteiger partial charge in [-0.05, 0) is 25.4 Å². The average molecular weight is 213 g/mol. The van der Waals surface area contributed by atoms with Crippen molar-refractivity contribution in [3.8, 4) is 0 Å². The van der Waals surface area contributed by atoms with Crippen LogP contribution in [0.1, 0.15) is 16.6 Å². The Labute approximate surface area is 88.0 Å². The molecule has 0 saturated carbocycles. The van der Waals surface area contributed by atoms with Gasteiger partial charge in [0.1, 0.15) is 0 Å². The molecule has 1 unspecified atom stereocenters. The van der Waals surface area contributed by atoms with Gasteiger partial charge in [0.2, 0.25) is 0 Å². The molecule has 0 aliphatic carbocycles. The summed E-state index contributed by atoms with van der Waals surface area (Å²) in [5.74, 6) is 0.114. The lowest BCUT2D eigenvalue weighted by Crippen LogP contribution is -2.35. The Hall–Kier alpha value is -0.710. The molecule has 0 fully saturated rings. The highest BCUT2D eigenvalue weighted by molar-refractivity contribution is 7.12. The SMILES string of the molecule is CC(CO)N(C)CC(=O)c1cccs1. The van der Waals surface area contributed by atoms with E-state index in [1.165, 1.54) is 11.3 Å². The summed E-state index contributed by atoms with van der Waals surface area (Å²) in [6.07, 6.45) is 0. The summed E-state index contributed by atoms with van der Waals surface area (Å²) in [6, 6.07) is 3.72. The second-order valence-electron chi connectivity index (χ2n) is 3.35. The molecule has 1 N–H and O–H groups in total. The molecule has 14 heavy (non-hydrogen) atoms. The summed E-state index contributed by atoms with van der Waals surface area (Å²) >= 11 is 1.45. The first-order chi connectivity index (χ1) is 6.65. The van der Waals surface area contributed by atoms with Gasteiger partial charge in [0, 0.05) is 6.04 Å². The van der Waals surface area contributed by atoms with Crippen LogP contribution in [-0.4, -0.2) is 42.0 Å². The van der Waals surface area contributed by atoms with Crippen molar-refractivity contribution < 1.29 is 9.90 Å². The first-order valence-corrected chi connectivity index (χ1v) is 5.41. The molecule has 0 aliphatic rings. The zero-order valence-electron chi connectivity index (χ0n) is 8.43. The van der Waals surface area contributed by atoms with Gasteiger partial charge < -0.3 is 5.11 Å². The van der Waals surface area contributed by atoms with Crippen LogP contribution in [0.4, 0.5) is 0 Å². The third kappa shape index (κ3) is 2.90. The standard InChI is InChI=1S/C10H15NO2S/c1-8(7-12)11(2)6-9(13)10-4-3-5-14-10/h3-5,8,12H,6-7H2,1-2H3. The van der Waals surface area contributed by atoms with E-state index in [9.17, 15) is 4.79 Å². The molecule has 1 aromatic heterocycles. The third-order valence-corrected chi connectivity index (χ3v) is 3.12. The van der Waals surface area contributed by atoms with Crippen LogP contribution in [0, 0.1) is 0 Å². The molecule has 0 saturated heterocycles. The quantitative estimate of drug-likeness (QED) is 0.748. The largest absolute Gasteiger partial charge is 0.395 e. The summed E-state index contributed by atoms with van der Waals surface area (Å²) in [6.45, 7) is 2.33. The topological polar surface area (TPSA) is 40.5 Å². The van der Waals surface area contributed by atoms with E-state index in [0.717, 1.165) is 4.88 Å². The zero-order chi connectivity index (χ0) is 10.6. The van der Waals surface area contributed by atoms with E-state index in [2.05, 4.69) is 0 Å². The van der Waals surface area contributed by atoms with E-state index in [-0.39, 0.29) is 18.4 Å². The van der Waals surface area contributed by atoms with E-state index in [0.29, 0.717) is 6.54 Å². The lowest BCUT2D eigenvalue weighted by atomic mass is 10.2. The fourth-order valence-corrected chi connectivity index (χ4v) is 1.69. The number of aliphatic hydroxyl groups is 1. The van der Waals surface area contributed by atoms with Crippen molar-refractivity contribution in [1.82, 2.24) is 4.90 Å². The van der Waals surface area contributed by atoms with Gasteiger partial charge in [-0.25, -0.2) is 0 Å². The molecule has 1 atom stereocenters. The highest BCUT2D eigenvalue weighted by Crippen LogP contribution is 2.10. The van der Waals surface area contributed by atoms with E-state index < -0.39 is 0 Å². The Kier molecular flexibility index (Phi) is 4.25. The van der Waals surface area contributed by atoms with Crippen LogP contribution in [0.5, 0.6) is 0 Å². The Morgan fingerprint density at radius 1 is 1.71 bits per heavy atom. The molecular weight excluding hydrogens is 198 g/mol. The summed E-state index contributed by atoms with van der Waals surface area (Å²) in [7, 11) is 1.84. The Bertz CT molecular complexity index is 284. The van der Waals surface area contributed by atoms with Gasteiger partial charge in [0.15, 0.2) is 5.78 Å². The van der Waals surface area contributed by atoms with Gasteiger partial charge in [-0.2, -0.15) is 0 Å². The van der Waals surface area contributed by atoms with Crippen LogP contribution < -0.4 is 0 Å². The number of thiophene rings is 1. The molecule has 0 radical (unpaired) electrons. The number of aliphatic hydroxyl groups excluding tert-OH is 1. The molecule has 4 heteroatoms. The monoisotopic (exact) mass is 213 g/mol. The van der Waals surface area contributed by atoms with E-state index in [1.54, 1.807) is 0 Å². The maximum atomic E-state index is 11.6. The smallest absolute Gasteiger partial charge is 0.186 e. The maximum absolute atomic E-state index is 11.6. The third-order valence-electron chi connectivity index (χ3n) is 2.21. The molecule has 0 aromatic carbocycles. The van der Waals surface area contributed by atoms with Crippen molar-refractivity contribution in [3.05, 3.63) is 22.4 Å². The summed E-state index contributed by atoms with van der Waals surface area (Å²) < 4.78 is 0. The van der Waals surface area contributed by atoms with Crippen LogP contribution >= 0.6 is 11.3 Å². The number of rotatable bonds is 5. The molecule has 0 amide bonds. The molecule has 1 rings (SSSR count). The number of likely N-dealkylation sites (N-methyl/N-ethyl adjacent to an activating group) is 1. The van der Waals surface area contributed by atoms with Crippen molar-refractivity contribution in [3.63, 3.8) is 0 Å². The van der Waals surface area contributed by atoms with E-state index in [4.69, 9.17) is 5.11 Å². The molecule has 1 aromatic rings. The molecule has 3 nitrogen and oxygen atoms in total. The number of nitrogens with zero attached hydrogens (tertiary/aromatic N) is 1. The van der Waals surface area contributed by atoms with Crippen molar-refractivity contribution in [2.45, 2.75) is 13.0 Å². The Morgan fingerprint density at radius 2 is 2.43 bits per heavy atom. The van der Waals surface area contributed by atoms with Crippen LogP contribution in [0.25, 0.3) is 0 Å². The first kappa shape index (κ1) is 11.4. The Balaban J connectivity index is 2.49. The molecule has 0 spiro atoms. The highest BCUT2D eigenvalue weighted by Gasteiger charge is 2.13. The molecule has 0 bridgehead atoms. The number of hydrogen-bond donors (Lipinski definition) is 1. The number of hydrogen-bond acceptors (Lipinski definition) is 4. The van der Waals surface area contributed by atoms with Crippen LogP contribution in [0.15, 0.2) is 17.5 Å². The second-order valence-corrected chi connectivity index (χ2v) is 4.29. The van der Waals surface area contributed by atoms with Gasteiger partial charge in [-0.3, -0.25) is 9.69 Å². The predicted octanol–water partition coefficient (Wildman–Crippen LogP) is 1.24. The second kappa shape index (κ2) is 5.24. The lowest BCUT2D eigenvalue weighted by molar-refractivity contribution is 0.0894. The van der Waals surface area contributed by atoms with Gasteiger partial charge in [0.05, 0.1) is 18.0 Å². The lowest BCUT2D eigenvalue weighted by Gasteiger charge is -2.21. The van der Waals surface area contributed by atoms with Gasteiger partial charge in [-0.15, -0.1) is 11.3 Å².